The fraction of sp³-hybridized carbons (Fsp3) is 0.308. The molecule has 2 nitrogen and oxygen atoms in total. The molecule has 2 aromatic rings. The van der Waals surface area contributed by atoms with Crippen molar-refractivity contribution in [1.29, 1.82) is 0 Å². The Labute approximate surface area is 128 Å². The lowest BCUT2D eigenvalue weighted by Crippen LogP contribution is -2.17. The molecule has 1 N–H and O–H groups in total. The first-order valence-corrected chi connectivity index (χ1v) is 8.03. The standard InChI is InChI=1S/C13H14Br2N2S/c1-8-3-12(18-13(8)15)11(16-2)5-9-4-10(14)7-17-6-9/h3-4,6-7,11,16H,5H2,1-2H3. The van der Waals surface area contributed by atoms with Gasteiger partial charge < -0.3 is 5.32 Å². The fourth-order valence-electron chi connectivity index (χ4n) is 1.80. The number of hydrogen-bond acceptors (Lipinski definition) is 3. The SMILES string of the molecule is CNC(Cc1cncc(Br)c1)c1cc(C)c(Br)s1. The van der Waals surface area contributed by atoms with Crippen LogP contribution in [0.25, 0.3) is 0 Å². The van der Waals surface area contributed by atoms with E-state index in [1.54, 1.807) is 11.3 Å². The van der Waals surface area contributed by atoms with Crippen LogP contribution in [0.1, 0.15) is 22.0 Å². The molecule has 5 heteroatoms. The number of thiophene rings is 1. The van der Waals surface area contributed by atoms with Crippen LogP contribution >= 0.6 is 43.2 Å². The maximum atomic E-state index is 4.21. The molecule has 0 fully saturated rings. The van der Waals surface area contributed by atoms with Crippen molar-refractivity contribution in [3.63, 3.8) is 0 Å². The lowest BCUT2D eigenvalue weighted by Gasteiger charge is -2.14. The third-order valence-electron chi connectivity index (χ3n) is 2.77. The number of hydrogen-bond donors (Lipinski definition) is 1. The van der Waals surface area contributed by atoms with Gasteiger partial charge in [-0.05, 0) is 75.5 Å². The average molecular weight is 390 g/mol. The third-order valence-corrected chi connectivity index (χ3v) is 5.45. The number of halogens is 2. The molecule has 0 aliphatic carbocycles. The highest BCUT2D eigenvalue weighted by Crippen LogP contribution is 2.32. The minimum Gasteiger partial charge on any atom is -0.312 e. The van der Waals surface area contributed by atoms with Crippen LogP contribution in [0.3, 0.4) is 0 Å². The minimum atomic E-state index is 0.330. The van der Waals surface area contributed by atoms with Crippen LogP contribution < -0.4 is 5.32 Å². The lowest BCUT2D eigenvalue weighted by atomic mass is 10.1. The van der Waals surface area contributed by atoms with E-state index in [9.17, 15) is 0 Å². The highest BCUT2D eigenvalue weighted by atomic mass is 79.9. The molecule has 1 atom stereocenters. The number of nitrogens with zero attached hydrogens (tertiary/aromatic N) is 1. The van der Waals surface area contributed by atoms with Crippen molar-refractivity contribution in [3.8, 4) is 0 Å². The molecule has 0 saturated carbocycles. The second-order valence-corrected chi connectivity index (χ2v) is 7.48. The Balaban J connectivity index is 2.19. The van der Waals surface area contributed by atoms with Crippen molar-refractivity contribution >= 4 is 43.2 Å². The highest BCUT2D eigenvalue weighted by molar-refractivity contribution is 9.11. The van der Waals surface area contributed by atoms with Crippen molar-refractivity contribution in [2.24, 2.45) is 0 Å². The monoisotopic (exact) mass is 388 g/mol. The van der Waals surface area contributed by atoms with E-state index in [0.717, 1.165) is 10.9 Å². The van der Waals surface area contributed by atoms with E-state index in [1.165, 1.54) is 19.8 Å². The van der Waals surface area contributed by atoms with E-state index in [0.29, 0.717) is 6.04 Å². The first-order chi connectivity index (χ1) is 8.60. The molecular formula is C13H14Br2N2S. The maximum Gasteiger partial charge on any atom is 0.0731 e. The van der Waals surface area contributed by atoms with Gasteiger partial charge in [0.15, 0.2) is 0 Å². The Morgan fingerprint density at radius 3 is 2.67 bits per heavy atom. The van der Waals surface area contributed by atoms with Gasteiger partial charge in [-0.25, -0.2) is 0 Å². The van der Waals surface area contributed by atoms with Gasteiger partial charge in [-0.15, -0.1) is 11.3 Å². The smallest absolute Gasteiger partial charge is 0.0731 e. The Morgan fingerprint density at radius 1 is 1.33 bits per heavy atom. The van der Waals surface area contributed by atoms with Gasteiger partial charge in [0, 0.05) is 27.8 Å². The number of aryl methyl sites for hydroxylation is 1. The molecule has 2 heterocycles. The van der Waals surface area contributed by atoms with E-state index in [4.69, 9.17) is 0 Å². The summed E-state index contributed by atoms with van der Waals surface area (Å²) in [6.45, 7) is 2.12. The van der Waals surface area contributed by atoms with Crippen molar-refractivity contribution < 1.29 is 0 Å². The van der Waals surface area contributed by atoms with Crippen LogP contribution in [0, 0.1) is 6.92 Å². The number of pyridine rings is 1. The fourth-order valence-corrected chi connectivity index (χ4v) is 3.90. The zero-order valence-electron chi connectivity index (χ0n) is 10.2. The van der Waals surface area contributed by atoms with Crippen molar-refractivity contribution in [1.82, 2.24) is 10.3 Å². The van der Waals surface area contributed by atoms with Gasteiger partial charge in [-0.1, -0.05) is 0 Å². The summed E-state index contributed by atoms with van der Waals surface area (Å²) >= 11 is 8.83. The molecule has 1 unspecified atom stereocenters. The molecule has 0 amide bonds. The van der Waals surface area contributed by atoms with Gasteiger partial charge >= 0.3 is 0 Å². The number of likely N-dealkylation sites (N-methyl/N-ethyl adjacent to an activating group) is 1. The highest BCUT2D eigenvalue weighted by Gasteiger charge is 2.14. The van der Waals surface area contributed by atoms with Crippen LogP contribution in [0.5, 0.6) is 0 Å². The van der Waals surface area contributed by atoms with Crippen molar-refractivity contribution in [2.75, 3.05) is 7.05 Å². The van der Waals surface area contributed by atoms with Crippen LogP contribution in [0.2, 0.25) is 0 Å². The van der Waals surface area contributed by atoms with E-state index in [-0.39, 0.29) is 0 Å². The first kappa shape index (κ1) is 14.2. The molecule has 96 valence electrons. The largest absolute Gasteiger partial charge is 0.312 e. The van der Waals surface area contributed by atoms with Crippen LogP contribution in [-0.2, 0) is 6.42 Å². The van der Waals surface area contributed by atoms with E-state index >= 15 is 0 Å². The number of rotatable bonds is 4. The molecule has 0 aliphatic heterocycles. The Morgan fingerprint density at radius 2 is 2.11 bits per heavy atom. The van der Waals surface area contributed by atoms with Gasteiger partial charge in [-0.3, -0.25) is 4.98 Å². The summed E-state index contributed by atoms with van der Waals surface area (Å²) in [6, 6.07) is 4.69. The Bertz CT molecular complexity index is 520. The van der Waals surface area contributed by atoms with Gasteiger partial charge in [0.25, 0.3) is 0 Å². The first-order valence-electron chi connectivity index (χ1n) is 5.62. The third kappa shape index (κ3) is 3.41. The topological polar surface area (TPSA) is 24.9 Å². The summed E-state index contributed by atoms with van der Waals surface area (Å²) in [5.74, 6) is 0. The zero-order chi connectivity index (χ0) is 13.1. The molecule has 2 rings (SSSR count). The Kier molecular flexibility index (Phi) is 4.95. The van der Waals surface area contributed by atoms with Crippen LogP contribution in [0.4, 0.5) is 0 Å². The van der Waals surface area contributed by atoms with Crippen molar-refractivity contribution in [2.45, 2.75) is 19.4 Å². The molecular weight excluding hydrogens is 376 g/mol. The molecule has 0 saturated heterocycles. The lowest BCUT2D eigenvalue weighted by molar-refractivity contribution is 0.601. The average Bonchev–Trinajstić information content (AvgIpc) is 2.66. The van der Waals surface area contributed by atoms with Gasteiger partial charge in [0.05, 0.1) is 3.79 Å². The van der Waals surface area contributed by atoms with Crippen LogP contribution in [-0.4, -0.2) is 12.0 Å². The summed E-state index contributed by atoms with van der Waals surface area (Å²) in [7, 11) is 2.00. The van der Waals surface area contributed by atoms with Gasteiger partial charge in [0.1, 0.15) is 0 Å². The molecule has 0 spiro atoms. The predicted octanol–water partition coefficient (Wildman–Crippen LogP) is 4.48. The second-order valence-electron chi connectivity index (χ2n) is 4.16. The van der Waals surface area contributed by atoms with Crippen molar-refractivity contribution in [3.05, 3.63) is 48.8 Å². The minimum absolute atomic E-state index is 0.330. The second kappa shape index (κ2) is 6.28. The van der Waals surface area contributed by atoms with Gasteiger partial charge in [0.2, 0.25) is 0 Å². The maximum absolute atomic E-state index is 4.21. The number of nitrogens with one attached hydrogen (secondary N) is 1. The van der Waals surface area contributed by atoms with Crippen LogP contribution in [0.15, 0.2) is 32.8 Å². The van der Waals surface area contributed by atoms with E-state index in [2.05, 4.69) is 61.2 Å². The molecule has 0 bridgehead atoms. The molecule has 2 aromatic heterocycles. The summed E-state index contributed by atoms with van der Waals surface area (Å²) in [4.78, 5) is 5.56. The zero-order valence-corrected chi connectivity index (χ0v) is 14.2. The molecule has 18 heavy (non-hydrogen) atoms. The van der Waals surface area contributed by atoms with E-state index < -0.39 is 0 Å². The quantitative estimate of drug-likeness (QED) is 0.833. The summed E-state index contributed by atoms with van der Waals surface area (Å²) in [5, 5.41) is 3.37. The Hall–Kier alpha value is -0.230. The summed E-state index contributed by atoms with van der Waals surface area (Å²) in [6.07, 6.45) is 4.67. The molecule has 0 aromatic carbocycles. The normalized spacial score (nSPS) is 12.7. The van der Waals surface area contributed by atoms with Gasteiger partial charge in [-0.2, -0.15) is 0 Å². The number of aromatic nitrogens is 1. The summed E-state index contributed by atoms with van der Waals surface area (Å²) < 4.78 is 2.24. The molecule has 0 radical (unpaired) electrons. The van der Waals surface area contributed by atoms with E-state index in [1.807, 2.05) is 19.4 Å². The molecule has 0 aliphatic rings. The summed E-state index contributed by atoms with van der Waals surface area (Å²) in [5.41, 5.74) is 2.52. The predicted molar refractivity (Wildman–Crippen MR) is 84.2 cm³/mol.